The molecular weight excluding hydrogens is 465 g/mol. The number of benzene rings is 3. The van der Waals surface area contributed by atoms with E-state index in [1.165, 1.54) is 11.6 Å². The maximum atomic E-state index is 14.1. The van der Waals surface area contributed by atoms with Gasteiger partial charge < -0.3 is 15.1 Å². The van der Waals surface area contributed by atoms with Crippen LogP contribution in [-0.2, 0) is 17.9 Å². The minimum Gasteiger partial charge on any atom is -0.367 e. The topological polar surface area (TPSA) is 62.6 Å². The molecule has 2 fully saturated rings. The Morgan fingerprint density at radius 1 is 0.946 bits per heavy atom. The molecular formula is C30H32FN5O. The Kier molecular flexibility index (Phi) is 7.79. The molecule has 3 aromatic rings. The number of halogens is 1. The number of anilines is 1. The number of nitrogens with zero attached hydrogens (tertiary/aromatic N) is 4. The fourth-order valence-corrected chi connectivity index (χ4v) is 5.42. The third kappa shape index (κ3) is 5.82. The first-order chi connectivity index (χ1) is 18.1. The Hall–Kier alpha value is -3.73. The van der Waals surface area contributed by atoms with E-state index in [0.717, 1.165) is 12.2 Å². The van der Waals surface area contributed by atoms with Crippen LogP contribution in [0.1, 0.15) is 23.1 Å². The summed E-state index contributed by atoms with van der Waals surface area (Å²) in [4.78, 5) is 20.2. The number of hydrogen-bond acceptors (Lipinski definition) is 5. The number of rotatable bonds is 7. The summed E-state index contributed by atoms with van der Waals surface area (Å²) in [5.41, 5.74) is 3.41. The molecule has 3 aromatic carbocycles. The third-order valence-corrected chi connectivity index (χ3v) is 7.41. The normalized spacial score (nSPS) is 20.1. The summed E-state index contributed by atoms with van der Waals surface area (Å²) in [6.45, 7) is 4.52. The molecule has 0 saturated carbocycles. The van der Waals surface area contributed by atoms with Gasteiger partial charge in [0.25, 0.3) is 0 Å². The highest BCUT2D eigenvalue weighted by Gasteiger charge is 2.39. The molecule has 0 spiro atoms. The van der Waals surface area contributed by atoms with Crippen molar-refractivity contribution >= 4 is 11.6 Å². The standard InChI is InChI=1S/C30H32FN5O/c31-27-12-6-4-11-25(27)20-33-26-18-29(36(22-26)21-23-8-2-1-3-9-23)30(37)35-16-14-34(15-17-35)28-13-7-5-10-24(28)19-32/h1-13,26,29,33H,14-18,20-22H2/t26-,29-/m0/s1. The average molecular weight is 498 g/mol. The predicted octanol–water partition coefficient (Wildman–Crippen LogP) is 3.78. The summed E-state index contributed by atoms with van der Waals surface area (Å²) in [5.74, 6) is -0.0584. The van der Waals surface area contributed by atoms with Crippen LogP contribution in [0, 0.1) is 17.1 Å². The lowest BCUT2D eigenvalue weighted by Gasteiger charge is -2.38. The van der Waals surface area contributed by atoms with Gasteiger partial charge in [0.2, 0.25) is 5.91 Å². The van der Waals surface area contributed by atoms with Crippen molar-refractivity contribution in [1.82, 2.24) is 15.1 Å². The molecule has 2 atom stereocenters. The van der Waals surface area contributed by atoms with Gasteiger partial charge in [-0.15, -0.1) is 0 Å². The maximum Gasteiger partial charge on any atom is 0.240 e. The second-order valence-electron chi connectivity index (χ2n) is 9.78. The Labute approximate surface area is 217 Å². The molecule has 6 nitrogen and oxygen atoms in total. The molecule has 37 heavy (non-hydrogen) atoms. The third-order valence-electron chi connectivity index (χ3n) is 7.41. The number of nitrogens with one attached hydrogen (secondary N) is 1. The van der Waals surface area contributed by atoms with Crippen molar-refractivity contribution in [3.05, 3.63) is 101 Å². The Morgan fingerprint density at radius 2 is 1.65 bits per heavy atom. The van der Waals surface area contributed by atoms with Gasteiger partial charge in [-0.3, -0.25) is 9.69 Å². The van der Waals surface area contributed by atoms with Crippen LogP contribution >= 0.6 is 0 Å². The fourth-order valence-electron chi connectivity index (χ4n) is 5.42. The zero-order valence-electron chi connectivity index (χ0n) is 20.9. The highest BCUT2D eigenvalue weighted by molar-refractivity contribution is 5.82. The van der Waals surface area contributed by atoms with Crippen LogP contribution in [-0.4, -0.2) is 60.5 Å². The Balaban J connectivity index is 1.25. The van der Waals surface area contributed by atoms with Crippen molar-refractivity contribution in [3.63, 3.8) is 0 Å². The van der Waals surface area contributed by atoms with E-state index in [1.807, 2.05) is 53.4 Å². The van der Waals surface area contributed by atoms with Gasteiger partial charge in [-0.25, -0.2) is 4.39 Å². The number of carbonyl (C=O) groups excluding carboxylic acids is 1. The monoisotopic (exact) mass is 497 g/mol. The van der Waals surface area contributed by atoms with Crippen LogP contribution in [0.15, 0.2) is 78.9 Å². The van der Waals surface area contributed by atoms with Gasteiger partial charge in [-0.2, -0.15) is 5.26 Å². The van der Waals surface area contributed by atoms with E-state index >= 15 is 0 Å². The number of nitriles is 1. The summed E-state index contributed by atoms with van der Waals surface area (Å²) in [7, 11) is 0. The molecule has 190 valence electrons. The highest BCUT2D eigenvalue weighted by Crippen LogP contribution is 2.25. The molecule has 5 rings (SSSR count). The van der Waals surface area contributed by atoms with Gasteiger partial charge in [0, 0.05) is 57.4 Å². The van der Waals surface area contributed by atoms with Crippen LogP contribution < -0.4 is 10.2 Å². The number of amides is 1. The molecule has 0 aliphatic carbocycles. The highest BCUT2D eigenvalue weighted by atomic mass is 19.1. The van der Waals surface area contributed by atoms with Gasteiger partial charge in [0.1, 0.15) is 11.9 Å². The maximum absolute atomic E-state index is 14.1. The second-order valence-corrected chi connectivity index (χ2v) is 9.78. The molecule has 0 unspecified atom stereocenters. The number of para-hydroxylation sites is 1. The molecule has 0 bridgehead atoms. The van der Waals surface area contributed by atoms with E-state index in [9.17, 15) is 14.4 Å². The van der Waals surface area contributed by atoms with Gasteiger partial charge in [0.15, 0.2) is 0 Å². The Bertz CT molecular complexity index is 1250. The van der Waals surface area contributed by atoms with Crippen molar-refractivity contribution < 1.29 is 9.18 Å². The van der Waals surface area contributed by atoms with Crippen LogP contribution in [0.25, 0.3) is 0 Å². The first-order valence-corrected chi connectivity index (χ1v) is 12.9. The fraction of sp³-hybridized carbons (Fsp3) is 0.333. The largest absolute Gasteiger partial charge is 0.367 e. The van der Waals surface area contributed by atoms with Gasteiger partial charge in [-0.1, -0.05) is 60.7 Å². The molecule has 1 N–H and O–H groups in total. The van der Waals surface area contributed by atoms with Crippen molar-refractivity contribution in [2.24, 2.45) is 0 Å². The lowest BCUT2D eigenvalue weighted by Crippen LogP contribution is -2.53. The summed E-state index contributed by atoms with van der Waals surface area (Å²) in [6, 6.07) is 26.8. The minimum absolute atomic E-state index is 0.0982. The zero-order chi connectivity index (χ0) is 25.6. The van der Waals surface area contributed by atoms with Gasteiger partial charge >= 0.3 is 0 Å². The molecule has 0 radical (unpaired) electrons. The molecule has 2 saturated heterocycles. The van der Waals surface area contributed by atoms with Gasteiger partial charge in [-0.05, 0) is 30.2 Å². The van der Waals surface area contributed by atoms with E-state index in [4.69, 9.17) is 0 Å². The second kappa shape index (κ2) is 11.5. The summed E-state index contributed by atoms with van der Waals surface area (Å²) in [5, 5.41) is 13.0. The van der Waals surface area contributed by atoms with Crippen LogP contribution in [0.3, 0.4) is 0 Å². The van der Waals surface area contributed by atoms with E-state index in [2.05, 4.69) is 33.3 Å². The average Bonchev–Trinajstić information content (AvgIpc) is 3.35. The first kappa shape index (κ1) is 24.9. The quantitative estimate of drug-likeness (QED) is 0.538. The molecule has 2 heterocycles. The summed E-state index contributed by atoms with van der Waals surface area (Å²) in [6.07, 6.45) is 0.692. The molecule has 0 aromatic heterocycles. The smallest absolute Gasteiger partial charge is 0.240 e. The van der Waals surface area contributed by atoms with Crippen molar-refractivity contribution in [2.45, 2.75) is 31.6 Å². The lowest BCUT2D eigenvalue weighted by molar-refractivity contribution is -0.136. The summed E-state index contributed by atoms with van der Waals surface area (Å²) < 4.78 is 14.1. The van der Waals surface area contributed by atoms with Crippen LogP contribution in [0.4, 0.5) is 10.1 Å². The first-order valence-electron chi connectivity index (χ1n) is 12.9. The van der Waals surface area contributed by atoms with Crippen LogP contribution in [0.5, 0.6) is 0 Å². The molecule has 1 amide bonds. The van der Waals surface area contributed by atoms with E-state index < -0.39 is 0 Å². The van der Waals surface area contributed by atoms with E-state index in [-0.39, 0.29) is 23.8 Å². The van der Waals surface area contributed by atoms with Crippen LogP contribution in [0.2, 0.25) is 0 Å². The molecule has 7 heteroatoms. The zero-order valence-corrected chi connectivity index (χ0v) is 20.9. The number of hydrogen-bond donors (Lipinski definition) is 1. The number of likely N-dealkylation sites (tertiary alicyclic amines) is 1. The summed E-state index contributed by atoms with van der Waals surface area (Å²) >= 11 is 0. The molecule has 2 aliphatic rings. The van der Waals surface area contributed by atoms with Crippen molar-refractivity contribution in [1.29, 1.82) is 5.26 Å². The number of carbonyl (C=O) groups is 1. The SMILES string of the molecule is N#Cc1ccccc1N1CCN(C(=O)[C@@H]2C[C@H](NCc3ccccc3F)CN2Cc2ccccc2)CC1. The predicted molar refractivity (Wildman–Crippen MR) is 142 cm³/mol. The Morgan fingerprint density at radius 3 is 2.41 bits per heavy atom. The van der Waals surface area contributed by atoms with E-state index in [1.54, 1.807) is 12.1 Å². The minimum atomic E-state index is -0.226. The number of piperazine rings is 1. The van der Waals surface area contributed by atoms with Gasteiger partial charge in [0.05, 0.1) is 17.3 Å². The van der Waals surface area contributed by atoms with Crippen molar-refractivity contribution in [2.75, 3.05) is 37.6 Å². The van der Waals surface area contributed by atoms with Crippen molar-refractivity contribution in [3.8, 4) is 6.07 Å². The molecule has 2 aliphatic heterocycles. The van der Waals surface area contributed by atoms with E-state index in [0.29, 0.717) is 56.8 Å². The lowest BCUT2D eigenvalue weighted by atomic mass is 10.1.